The zero-order valence-electron chi connectivity index (χ0n) is 9.77. The van der Waals surface area contributed by atoms with Gasteiger partial charge in [0.25, 0.3) is 0 Å². The van der Waals surface area contributed by atoms with Crippen molar-refractivity contribution in [2.24, 2.45) is 0 Å². The molecule has 1 aliphatic carbocycles. The molecule has 0 radical (unpaired) electrons. The number of carbonyl (C=O) groups is 2. The molecule has 1 rings (SSSR count). The molecule has 0 aromatic heterocycles. The highest BCUT2D eigenvalue weighted by atomic mass is 16.4. The van der Waals surface area contributed by atoms with Crippen LogP contribution in [-0.2, 0) is 0 Å². The molecule has 0 unspecified atom stereocenters. The molecule has 1 fully saturated rings. The van der Waals surface area contributed by atoms with Crippen LogP contribution in [0.3, 0.4) is 0 Å². The van der Waals surface area contributed by atoms with Crippen LogP contribution >= 0.6 is 0 Å². The fourth-order valence-corrected chi connectivity index (χ4v) is 2.06. The van der Waals surface area contributed by atoms with Gasteiger partial charge in [0.15, 0.2) is 0 Å². The van der Waals surface area contributed by atoms with Gasteiger partial charge < -0.3 is 10.0 Å². The summed E-state index contributed by atoms with van der Waals surface area (Å²) in [4.78, 5) is 24.1. The average molecular weight is 229 g/mol. The number of carboxylic acid groups (broad SMARTS) is 1. The van der Waals surface area contributed by atoms with Gasteiger partial charge in [-0.25, -0.2) is 15.0 Å². The van der Waals surface area contributed by atoms with Crippen LogP contribution in [0.5, 0.6) is 0 Å². The van der Waals surface area contributed by atoms with E-state index in [2.05, 4.69) is 5.43 Å². The van der Waals surface area contributed by atoms with Gasteiger partial charge in [-0.15, -0.1) is 0 Å². The molecule has 2 N–H and O–H groups in total. The molecule has 6 heteroatoms. The Balaban J connectivity index is 2.60. The van der Waals surface area contributed by atoms with Crippen LogP contribution in [0, 0.1) is 0 Å². The lowest BCUT2D eigenvalue weighted by Crippen LogP contribution is -2.53. The third kappa shape index (κ3) is 2.85. The zero-order valence-corrected chi connectivity index (χ0v) is 9.77. The second-order valence-electron chi connectivity index (χ2n) is 4.03. The van der Waals surface area contributed by atoms with E-state index in [1.54, 1.807) is 7.05 Å². The highest BCUT2D eigenvalue weighted by molar-refractivity contribution is 5.89. The highest BCUT2D eigenvalue weighted by Gasteiger charge is 2.28. The van der Waals surface area contributed by atoms with Crippen LogP contribution in [0.25, 0.3) is 0 Å². The van der Waals surface area contributed by atoms with Crippen molar-refractivity contribution in [3.63, 3.8) is 0 Å². The van der Waals surface area contributed by atoms with Crippen molar-refractivity contribution in [1.29, 1.82) is 0 Å². The molecule has 1 aliphatic rings. The maximum absolute atomic E-state index is 11.8. The number of hydrogen-bond donors (Lipinski definition) is 2. The minimum absolute atomic E-state index is 0.163. The topological polar surface area (TPSA) is 72.9 Å². The van der Waals surface area contributed by atoms with Gasteiger partial charge in [-0.2, -0.15) is 5.01 Å². The highest BCUT2D eigenvalue weighted by Crippen LogP contribution is 2.22. The summed E-state index contributed by atoms with van der Waals surface area (Å²) in [5.41, 5.74) is 2.36. The Kier molecular flexibility index (Phi) is 4.54. The van der Waals surface area contributed by atoms with Crippen molar-refractivity contribution < 1.29 is 14.7 Å². The molecule has 0 saturated heterocycles. The van der Waals surface area contributed by atoms with E-state index in [-0.39, 0.29) is 6.04 Å². The Morgan fingerprint density at radius 1 is 1.25 bits per heavy atom. The first-order chi connectivity index (χ1) is 7.57. The maximum Gasteiger partial charge on any atom is 0.430 e. The molecule has 16 heavy (non-hydrogen) atoms. The van der Waals surface area contributed by atoms with Crippen molar-refractivity contribution in [3.05, 3.63) is 0 Å². The second-order valence-corrected chi connectivity index (χ2v) is 4.03. The summed E-state index contributed by atoms with van der Waals surface area (Å²) in [6, 6.07) is -0.349. The van der Waals surface area contributed by atoms with Gasteiger partial charge in [0, 0.05) is 20.1 Å². The normalized spacial score (nSPS) is 16.9. The van der Waals surface area contributed by atoms with E-state index in [9.17, 15) is 9.59 Å². The fraction of sp³-hybridized carbons (Fsp3) is 0.800. The molecule has 0 spiro atoms. The summed E-state index contributed by atoms with van der Waals surface area (Å²) in [6.07, 6.45) is 4.05. The van der Waals surface area contributed by atoms with Gasteiger partial charge in [-0.3, -0.25) is 0 Å². The third-order valence-electron chi connectivity index (χ3n) is 3.03. The van der Waals surface area contributed by atoms with E-state index < -0.39 is 12.1 Å². The Bertz CT molecular complexity index is 264. The van der Waals surface area contributed by atoms with Crippen molar-refractivity contribution in [2.45, 2.75) is 38.1 Å². The molecule has 92 valence electrons. The summed E-state index contributed by atoms with van der Waals surface area (Å²) in [7, 11) is 3.08. The van der Waals surface area contributed by atoms with Crippen molar-refractivity contribution in [2.75, 3.05) is 14.1 Å². The van der Waals surface area contributed by atoms with Crippen LogP contribution in [-0.4, -0.2) is 47.3 Å². The Labute approximate surface area is 95.2 Å². The fourth-order valence-electron chi connectivity index (χ4n) is 2.06. The molecule has 6 nitrogen and oxygen atoms in total. The summed E-state index contributed by atoms with van der Waals surface area (Å²) >= 11 is 0. The number of imide groups is 1. The number of hydrogen-bond acceptors (Lipinski definition) is 3. The van der Waals surface area contributed by atoms with E-state index in [0.29, 0.717) is 5.01 Å². The van der Waals surface area contributed by atoms with E-state index in [4.69, 9.17) is 5.11 Å². The summed E-state index contributed by atoms with van der Waals surface area (Å²) < 4.78 is 0. The predicted octanol–water partition coefficient (Wildman–Crippen LogP) is 1.49. The number of urea groups is 1. The van der Waals surface area contributed by atoms with E-state index in [0.717, 1.165) is 25.7 Å². The molecule has 1 saturated carbocycles. The first-order valence-electron chi connectivity index (χ1n) is 5.55. The molecule has 0 heterocycles. The third-order valence-corrected chi connectivity index (χ3v) is 3.03. The van der Waals surface area contributed by atoms with Crippen molar-refractivity contribution in [1.82, 2.24) is 15.3 Å². The van der Waals surface area contributed by atoms with Crippen LogP contribution in [0.1, 0.15) is 32.1 Å². The quantitative estimate of drug-likeness (QED) is 0.703. The first-order valence-corrected chi connectivity index (χ1v) is 5.55. The summed E-state index contributed by atoms with van der Waals surface area (Å²) in [6.45, 7) is 0. The SMILES string of the molecule is CNN(C(=O)O)C(=O)N(C)C1CCCCC1. The predicted molar refractivity (Wildman–Crippen MR) is 59.0 cm³/mol. The van der Waals surface area contributed by atoms with E-state index in [1.165, 1.54) is 18.4 Å². The molecule has 0 aromatic carbocycles. The first kappa shape index (κ1) is 12.8. The zero-order chi connectivity index (χ0) is 12.1. The smallest absolute Gasteiger partial charge is 0.430 e. The Morgan fingerprint density at radius 2 is 1.81 bits per heavy atom. The Hall–Kier alpha value is -1.30. The number of amides is 3. The minimum atomic E-state index is -1.28. The number of hydrazine groups is 1. The van der Waals surface area contributed by atoms with Crippen molar-refractivity contribution in [3.8, 4) is 0 Å². The maximum atomic E-state index is 11.8. The van der Waals surface area contributed by atoms with Gasteiger partial charge >= 0.3 is 12.1 Å². The molecule has 0 bridgehead atoms. The van der Waals surface area contributed by atoms with E-state index in [1.807, 2.05) is 0 Å². The molecule has 0 aliphatic heterocycles. The largest absolute Gasteiger partial charge is 0.464 e. The monoisotopic (exact) mass is 229 g/mol. The van der Waals surface area contributed by atoms with Gasteiger partial charge in [0.05, 0.1) is 0 Å². The minimum Gasteiger partial charge on any atom is -0.464 e. The lowest BCUT2D eigenvalue weighted by molar-refractivity contribution is 0.104. The Morgan fingerprint density at radius 3 is 2.25 bits per heavy atom. The van der Waals surface area contributed by atoms with Crippen LogP contribution < -0.4 is 5.43 Å². The molecular formula is C10H19N3O3. The summed E-state index contributed by atoms with van der Waals surface area (Å²) in [5, 5.41) is 9.41. The van der Waals surface area contributed by atoms with Crippen LogP contribution in [0.4, 0.5) is 9.59 Å². The lowest BCUT2D eigenvalue weighted by Gasteiger charge is -2.33. The summed E-state index contributed by atoms with van der Waals surface area (Å²) in [5.74, 6) is 0. The molecule has 3 amide bonds. The molecule has 0 aromatic rings. The number of nitrogens with one attached hydrogen (secondary N) is 1. The van der Waals surface area contributed by atoms with Gasteiger partial charge in [0.2, 0.25) is 0 Å². The molecule has 0 atom stereocenters. The second kappa shape index (κ2) is 5.69. The van der Waals surface area contributed by atoms with E-state index >= 15 is 0 Å². The number of rotatable bonds is 2. The number of carbonyl (C=O) groups excluding carboxylic acids is 1. The van der Waals surface area contributed by atoms with Gasteiger partial charge in [0.1, 0.15) is 0 Å². The van der Waals surface area contributed by atoms with Gasteiger partial charge in [-0.05, 0) is 12.8 Å². The molecular weight excluding hydrogens is 210 g/mol. The number of nitrogens with zero attached hydrogens (tertiary/aromatic N) is 2. The van der Waals surface area contributed by atoms with Crippen LogP contribution in [0.15, 0.2) is 0 Å². The standard InChI is InChI=1S/C10H19N3O3/c1-11-13(10(15)16)9(14)12(2)8-6-4-3-5-7-8/h8,11H,3-7H2,1-2H3,(H,15,16). The van der Waals surface area contributed by atoms with Crippen molar-refractivity contribution >= 4 is 12.1 Å². The lowest BCUT2D eigenvalue weighted by atomic mass is 9.95. The van der Waals surface area contributed by atoms with Crippen LogP contribution in [0.2, 0.25) is 0 Å². The van der Waals surface area contributed by atoms with Gasteiger partial charge in [-0.1, -0.05) is 19.3 Å². The average Bonchev–Trinajstić information content (AvgIpc) is 2.29.